The lowest BCUT2D eigenvalue weighted by atomic mass is 9.73. The zero-order valence-electron chi connectivity index (χ0n) is 15.4. The summed E-state index contributed by atoms with van der Waals surface area (Å²) in [6, 6.07) is 5.97. The number of benzene rings is 1. The van der Waals surface area contributed by atoms with Crippen molar-refractivity contribution in [2.24, 2.45) is 0 Å². The fourth-order valence-corrected chi connectivity index (χ4v) is 3.51. The third kappa shape index (κ3) is 4.02. The lowest BCUT2D eigenvalue weighted by Crippen LogP contribution is -2.41. The van der Waals surface area contributed by atoms with Crippen LogP contribution >= 0.6 is 0 Å². The lowest BCUT2D eigenvalue weighted by Gasteiger charge is -2.42. The molecule has 1 aromatic heterocycles. The Kier molecular flexibility index (Phi) is 4.45. The van der Waals surface area contributed by atoms with Crippen molar-refractivity contribution in [3.63, 3.8) is 0 Å². The molecule has 134 valence electrons. The molecule has 0 N–H and O–H groups in total. The molecule has 1 aromatic carbocycles. The van der Waals surface area contributed by atoms with Crippen molar-refractivity contribution in [3.8, 4) is 17.6 Å². The van der Waals surface area contributed by atoms with Gasteiger partial charge in [0.05, 0.1) is 18.1 Å². The lowest BCUT2D eigenvalue weighted by molar-refractivity contribution is -0.304. The summed E-state index contributed by atoms with van der Waals surface area (Å²) in [4.78, 5) is 18.7. The summed E-state index contributed by atoms with van der Waals surface area (Å²) in [6.45, 7) is 8.64. The topological polar surface area (TPSA) is 75.1 Å². The second-order valence-electron chi connectivity index (χ2n) is 7.83. The van der Waals surface area contributed by atoms with E-state index in [4.69, 9.17) is 4.74 Å². The van der Waals surface area contributed by atoms with Crippen molar-refractivity contribution in [1.29, 1.82) is 0 Å². The van der Waals surface area contributed by atoms with E-state index in [1.807, 2.05) is 12.1 Å². The highest BCUT2D eigenvalue weighted by Gasteiger charge is 2.38. The molecule has 2 heterocycles. The van der Waals surface area contributed by atoms with Gasteiger partial charge in [0.25, 0.3) is 0 Å². The maximum absolute atomic E-state index is 10.6. The highest BCUT2D eigenvalue weighted by molar-refractivity contribution is 5.67. The largest absolute Gasteiger partial charge is 0.550 e. The summed E-state index contributed by atoms with van der Waals surface area (Å²) in [7, 11) is 0. The predicted molar refractivity (Wildman–Crippen MR) is 95.5 cm³/mol. The van der Waals surface area contributed by atoms with Crippen LogP contribution in [0.15, 0.2) is 30.6 Å². The van der Waals surface area contributed by atoms with Crippen LogP contribution in [-0.2, 0) is 16.6 Å². The van der Waals surface area contributed by atoms with E-state index in [0.29, 0.717) is 11.4 Å². The number of carboxylic acid groups (broad SMARTS) is 1. The Labute approximate surface area is 153 Å². The van der Waals surface area contributed by atoms with Crippen molar-refractivity contribution >= 4 is 5.97 Å². The Morgan fingerprint density at radius 1 is 1.19 bits per heavy atom. The van der Waals surface area contributed by atoms with Gasteiger partial charge in [0, 0.05) is 23.5 Å². The van der Waals surface area contributed by atoms with Crippen LogP contribution in [0.1, 0.15) is 56.6 Å². The molecule has 3 rings (SSSR count). The quantitative estimate of drug-likeness (QED) is 0.775. The molecule has 5 nitrogen and oxygen atoms in total. The first-order valence-corrected chi connectivity index (χ1v) is 8.51. The Morgan fingerprint density at radius 2 is 1.96 bits per heavy atom. The molecule has 0 bridgehead atoms. The fourth-order valence-electron chi connectivity index (χ4n) is 3.51. The van der Waals surface area contributed by atoms with Gasteiger partial charge in [-0.3, -0.25) is 4.98 Å². The molecule has 0 spiro atoms. The molecular weight excluding hydrogens is 328 g/mol. The van der Waals surface area contributed by atoms with Gasteiger partial charge in [-0.05, 0) is 49.8 Å². The van der Waals surface area contributed by atoms with Crippen LogP contribution in [0.5, 0.6) is 5.75 Å². The second kappa shape index (κ2) is 6.45. The SMILES string of the molecule is CC1(C)CC(C)(C)c2cc(C#Cc3cnc(CC(=O)[O-])cn3)ccc2O1. The molecule has 0 fully saturated rings. The van der Waals surface area contributed by atoms with Gasteiger partial charge in [0.1, 0.15) is 17.0 Å². The van der Waals surface area contributed by atoms with Crippen LogP contribution in [0, 0.1) is 11.8 Å². The maximum Gasteiger partial charge on any atom is 0.131 e. The number of hydrogen-bond acceptors (Lipinski definition) is 5. The summed E-state index contributed by atoms with van der Waals surface area (Å²) in [5, 5.41) is 10.6. The van der Waals surface area contributed by atoms with Crippen molar-refractivity contribution < 1.29 is 14.6 Å². The minimum atomic E-state index is -1.18. The Bertz CT molecular complexity index is 903. The molecule has 0 saturated carbocycles. The molecular formula is C21H21N2O3-. The molecule has 5 heteroatoms. The van der Waals surface area contributed by atoms with Gasteiger partial charge in [-0.1, -0.05) is 19.8 Å². The van der Waals surface area contributed by atoms with Crippen LogP contribution in [-0.4, -0.2) is 21.5 Å². The van der Waals surface area contributed by atoms with Gasteiger partial charge in [-0.25, -0.2) is 4.98 Å². The second-order valence-corrected chi connectivity index (χ2v) is 7.83. The highest BCUT2D eigenvalue weighted by Crippen LogP contribution is 2.44. The number of hydrogen-bond donors (Lipinski definition) is 0. The fraction of sp³-hybridized carbons (Fsp3) is 0.381. The molecule has 0 aliphatic carbocycles. The molecule has 0 saturated heterocycles. The summed E-state index contributed by atoms with van der Waals surface area (Å²) >= 11 is 0. The smallest absolute Gasteiger partial charge is 0.131 e. The summed E-state index contributed by atoms with van der Waals surface area (Å²) < 4.78 is 6.09. The Morgan fingerprint density at radius 3 is 2.62 bits per heavy atom. The third-order valence-corrected chi connectivity index (χ3v) is 4.33. The summed E-state index contributed by atoms with van der Waals surface area (Å²) in [6.07, 6.45) is 3.55. The van der Waals surface area contributed by atoms with E-state index in [-0.39, 0.29) is 17.4 Å². The highest BCUT2D eigenvalue weighted by atomic mass is 16.5. The van der Waals surface area contributed by atoms with Crippen LogP contribution in [0.25, 0.3) is 0 Å². The van der Waals surface area contributed by atoms with Crippen LogP contribution in [0.3, 0.4) is 0 Å². The van der Waals surface area contributed by atoms with Crippen molar-refractivity contribution in [2.75, 3.05) is 0 Å². The van der Waals surface area contributed by atoms with Crippen LogP contribution < -0.4 is 9.84 Å². The minimum Gasteiger partial charge on any atom is -0.550 e. The van der Waals surface area contributed by atoms with Gasteiger partial charge in [-0.2, -0.15) is 0 Å². The van der Waals surface area contributed by atoms with Crippen LogP contribution in [0.2, 0.25) is 0 Å². The van der Waals surface area contributed by atoms with E-state index >= 15 is 0 Å². The Hall–Kier alpha value is -2.87. The van der Waals surface area contributed by atoms with Gasteiger partial charge in [0.2, 0.25) is 0 Å². The monoisotopic (exact) mass is 349 g/mol. The van der Waals surface area contributed by atoms with Gasteiger partial charge < -0.3 is 14.6 Å². The predicted octanol–water partition coefficient (Wildman–Crippen LogP) is 2.01. The van der Waals surface area contributed by atoms with Gasteiger partial charge >= 0.3 is 0 Å². The number of aromatic nitrogens is 2. The average molecular weight is 349 g/mol. The van der Waals surface area contributed by atoms with E-state index in [2.05, 4.69) is 55.6 Å². The maximum atomic E-state index is 10.6. The van der Waals surface area contributed by atoms with Crippen molar-refractivity contribution in [1.82, 2.24) is 9.97 Å². The molecule has 0 atom stereocenters. The number of carbonyl (C=O) groups excluding carboxylic acids is 1. The number of nitrogens with zero attached hydrogens (tertiary/aromatic N) is 2. The van der Waals surface area contributed by atoms with E-state index in [9.17, 15) is 9.90 Å². The molecule has 2 aromatic rings. The number of carboxylic acids is 1. The zero-order valence-corrected chi connectivity index (χ0v) is 15.4. The first kappa shape index (κ1) is 17.9. The molecule has 26 heavy (non-hydrogen) atoms. The average Bonchev–Trinajstić information content (AvgIpc) is 2.52. The normalized spacial score (nSPS) is 16.6. The molecule has 0 amide bonds. The first-order chi connectivity index (χ1) is 12.1. The Balaban J connectivity index is 1.85. The third-order valence-electron chi connectivity index (χ3n) is 4.33. The van der Waals surface area contributed by atoms with Gasteiger partial charge in [-0.15, -0.1) is 0 Å². The molecule has 1 aliphatic rings. The minimum absolute atomic E-state index is 0.00109. The number of rotatable bonds is 2. The van der Waals surface area contributed by atoms with E-state index in [1.165, 1.54) is 12.4 Å². The number of fused-ring (bicyclic) bond motifs is 1. The van der Waals surface area contributed by atoms with Gasteiger partial charge in [0.15, 0.2) is 0 Å². The van der Waals surface area contributed by atoms with E-state index in [0.717, 1.165) is 23.3 Å². The van der Waals surface area contributed by atoms with E-state index in [1.54, 1.807) is 0 Å². The number of carbonyl (C=O) groups is 1. The zero-order chi connectivity index (χ0) is 18.9. The van der Waals surface area contributed by atoms with Crippen LogP contribution in [0.4, 0.5) is 0 Å². The van der Waals surface area contributed by atoms with Crippen molar-refractivity contribution in [3.05, 3.63) is 53.1 Å². The van der Waals surface area contributed by atoms with Crippen molar-refractivity contribution in [2.45, 2.75) is 51.6 Å². The number of ether oxygens (including phenoxy) is 1. The summed E-state index contributed by atoms with van der Waals surface area (Å²) in [5.74, 6) is 5.78. The van der Waals surface area contributed by atoms with E-state index < -0.39 is 5.97 Å². The molecule has 0 unspecified atom stereocenters. The molecule has 1 aliphatic heterocycles. The molecule has 0 radical (unpaired) electrons. The standard InChI is InChI=1S/C21H22N2O3/c1-20(2)13-21(3,4)26-18-8-6-14(9-17(18)20)5-7-15-11-23-16(12-22-15)10-19(24)25/h6,8-9,11-12H,10,13H2,1-4H3,(H,24,25)/p-1. The number of aliphatic carboxylic acids is 1. The summed E-state index contributed by atoms with van der Waals surface area (Å²) in [5.41, 5.74) is 2.68. The first-order valence-electron chi connectivity index (χ1n) is 8.51.